The fourth-order valence-corrected chi connectivity index (χ4v) is 11.1. The van der Waals surface area contributed by atoms with Crippen LogP contribution in [-0.4, -0.2) is 109 Å². The van der Waals surface area contributed by atoms with Crippen LogP contribution in [-0.2, 0) is 23.7 Å². The number of aliphatic hydroxyl groups excluding tert-OH is 2. The first-order valence-electron chi connectivity index (χ1n) is 13.2. The predicted molar refractivity (Wildman–Crippen MR) is 123 cm³/mol. The molecule has 3 N–H and O–H groups in total. The monoisotopic (exact) mass is 495 g/mol. The maximum atomic E-state index is 13.0. The van der Waals surface area contributed by atoms with Crippen molar-refractivity contribution < 1.29 is 39.1 Å². The number of likely N-dealkylation sites (N-methyl/N-ethyl adjacent to an activating group) is 1. The Hall–Kier alpha value is -0.810. The molecule has 1 aliphatic heterocycles. The molecule has 5 aliphatic carbocycles. The Balaban J connectivity index is 1.65. The third kappa shape index (κ3) is 2.43. The zero-order valence-electron chi connectivity index (χ0n) is 21.5. The summed E-state index contributed by atoms with van der Waals surface area (Å²) in [6.07, 6.45) is -0.207. The lowest BCUT2D eigenvalue weighted by atomic mass is 9.42. The summed E-state index contributed by atoms with van der Waals surface area (Å²) in [5.41, 5.74) is -4.02. The molecule has 0 aromatic carbocycles. The molecule has 7 bridgehead atoms. The van der Waals surface area contributed by atoms with E-state index in [1.807, 2.05) is 0 Å². The average molecular weight is 496 g/mol. The van der Waals surface area contributed by atoms with Gasteiger partial charge < -0.3 is 34.3 Å². The number of ether oxygens (including phenoxy) is 4. The summed E-state index contributed by atoms with van der Waals surface area (Å²) in [6, 6.07) is -0.478. The van der Waals surface area contributed by atoms with Gasteiger partial charge in [0.2, 0.25) is 0 Å². The molecule has 1 spiro atoms. The van der Waals surface area contributed by atoms with E-state index in [0.717, 1.165) is 6.42 Å². The molecule has 0 radical (unpaired) electrons. The minimum absolute atomic E-state index is 0.0570. The third-order valence-electron chi connectivity index (χ3n) is 11.6. The molecule has 13 atom stereocenters. The average Bonchev–Trinajstić information content (AvgIpc) is 3.19. The van der Waals surface area contributed by atoms with Crippen molar-refractivity contribution in [2.24, 2.45) is 34.5 Å². The standard InChI is InChI=1S/C26H41NO8/c1-6-27-11-23(12-32-3)8-7-17(29)25-15-9-14-16(33-4)10-24(34-5,18(15)19(14)35-13(2)28)26(31,22(25)27)21(30)20(23)25/h14-22,29-31H,6-12H2,1-5H3/t14-,15-,16+,17+,18-,19+,20-,21-,22+,23+,24-,25+,26-/m1/s1. The van der Waals surface area contributed by atoms with Crippen LogP contribution in [0.1, 0.15) is 39.5 Å². The third-order valence-corrected chi connectivity index (χ3v) is 11.6. The van der Waals surface area contributed by atoms with Crippen LogP contribution in [0.3, 0.4) is 0 Å². The van der Waals surface area contributed by atoms with Gasteiger partial charge in [0.1, 0.15) is 17.3 Å². The number of carbonyl (C=O) groups is 1. The van der Waals surface area contributed by atoms with Crippen molar-refractivity contribution in [1.29, 1.82) is 0 Å². The van der Waals surface area contributed by atoms with Gasteiger partial charge >= 0.3 is 5.97 Å². The fourth-order valence-electron chi connectivity index (χ4n) is 11.1. The quantitative estimate of drug-likeness (QED) is 0.444. The van der Waals surface area contributed by atoms with E-state index in [1.165, 1.54) is 6.92 Å². The highest BCUT2D eigenvalue weighted by atomic mass is 16.6. The summed E-state index contributed by atoms with van der Waals surface area (Å²) >= 11 is 0. The van der Waals surface area contributed by atoms with Crippen molar-refractivity contribution in [3.8, 4) is 0 Å². The summed E-state index contributed by atoms with van der Waals surface area (Å²) in [7, 11) is 4.93. The van der Waals surface area contributed by atoms with E-state index in [9.17, 15) is 20.1 Å². The van der Waals surface area contributed by atoms with Crippen molar-refractivity contribution >= 4 is 5.97 Å². The summed E-state index contributed by atoms with van der Waals surface area (Å²) < 4.78 is 24.1. The van der Waals surface area contributed by atoms with Crippen LogP contribution in [0.5, 0.6) is 0 Å². The normalized spacial score (nSPS) is 57.9. The number of aliphatic hydroxyl groups is 3. The number of hydrogen-bond acceptors (Lipinski definition) is 9. The molecule has 0 unspecified atom stereocenters. The molecular formula is C26H41NO8. The van der Waals surface area contributed by atoms with Gasteiger partial charge in [0.25, 0.3) is 0 Å². The Morgan fingerprint density at radius 1 is 1.20 bits per heavy atom. The van der Waals surface area contributed by atoms with Crippen molar-refractivity contribution in [3.63, 3.8) is 0 Å². The lowest BCUT2D eigenvalue weighted by molar-refractivity contribution is -0.324. The number of nitrogens with zero attached hydrogens (tertiary/aromatic N) is 1. The number of hydrogen-bond donors (Lipinski definition) is 3. The largest absolute Gasteiger partial charge is 0.462 e. The van der Waals surface area contributed by atoms with Gasteiger partial charge in [-0.1, -0.05) is 6.92 Å². The molecule has 6 rings (SSSR count). The molecule has 198 valence electrons. The maximum absolute atomic E-state index is 13.0. The first-order valence-corrected chi connectivity index (χ1v) is 13.2. The predicted octanol–water partition coefficient (Wildman–Crippen LogP) is 0.188. The molecule has 9 nitrogen and oxygen atoms in total. The van der Waals surface area contributed by atoms with Crippen LogP contribution in [0, 0.1) is 34.5 Å². The second kappa shape index (κ2) is 7.62. The smallest absolute Gasteiger partial charge is 0.302 e. The van der Waals surface area contributed by atoms with Crippen LogP contribution >= 0.6 is 0 Å². The molecule has 0 aromatic heterocycles. The second-order valence-electron chi connectivity index (χ2n) is 12.2. The highest BCUT2D eigenvalue weighted by Crippen LogP contribution is 2.80. The molecule has 9 heteroatoms. The molecule has 35 heavy (non-hydrogen) atoms. The van der Waals surface area contributed by atoms with Crippen molar-refractivity contribution in [2.45, 2.75) is 81.2 Å². The Bertz CT molecular complexity index is 903. The molecule has 0 amide bonds. The molecule has 6 aliphatic rings. The van der Waals surface area contributed by atoms with E-state index in [2.05, 4.69) is 11.8 Å². The number of carbonyl (C=O) groups excluding carboxylic acids is 1. The first-order chi connectivity index (χ1) is 16.6. The molecule has 6 fully saturated rings. The van der Waals surface area contributed by atoms with Crippen LogP contribution in [0.25, 0.3) is 0 Å². The molecule has 0 aromatic rings. The zero-order chi connectivity index (χ0) is 25.1. The lowest BCUT2D eigenvalue weighted by Crippen LogP contribution is -2.82. The number of likely N-dealkylation sites (tertiary alicyclic amines) is 1. The summed E-state index contributed by atoms with van der Waals surface area (Å²) in [5, 5.41) is 37.2. The Morgan fingerprint density at radius 3 is 2.54 bits per heavy atom. The van der Waals surface area contributed by atoms with E-state index < -0.39 is 46.4 Å². The molecule has 1 saturated heterocycles. The van der Waals surface area contributed by atoms with Crippen LogP contribution < -0.4 is 0 Å². The highest BCUT2D eigenvalue weighted by molar-refractivity contribution is 5.66. The van der Waals surface area contributed by atoms with Crippen LogP contribution in [0.2, 0.25) is 0 Å². The van der Waals surface area contributed by atoms with Gasteiger partial charge in [0.15, 0.2) is 0 Å². The Labute approximate surface area is 207 Å². The van der Waals surface area contributed by atoms with E-state index in [1.54, 1.807) is 21.3 Å². The van der Waals surface area contributed by atoms with Gasteiger partial charge in [-0.2, -0.15) is 0 Å². The van der Waals surface area contributed by atoms with Crippen LogP contribution in [0.4, 0.5) is 0 Å². The van der Waals surface area contributed by atoms with E-state index in [0.29, 0.717) is 39.0 Å². The molecule has 1 heterocycles. The Morgan fingerprint density at radius 2 is 1.94 bits per heavy atom. The topological polar surface area (TPSA) is 118 Å². The number of piperidine rings is 1. The van der Waals surface area contributed by atoms with E-state index in [-0.39, 0.29) is 35.7 Å². The van der Waals surface area contributed by atoms with E-state index in [4.69, 9.17) is 18.9 Å². The second-order valence-corrected chi connectivity index (χ2v) is 12.2. The number of fused-ring (bicyclic) bond motifs is 2. The number of methoxy groups -OCH3 is 3. The molecular weight excluding hydrogens is 454 g/mol. The van der Waals surface area contributed by atoms with Gasteiger partial charge in [0.05, 0.1) is 31.0 Å². The van der Waals surface area contributed by atoms with Gasteiger partial charge in [-0.05, 0) is 31.7 Å². The summed E-state index contributed by atoms with van der Waals surface area (Å²) in [4.78, 5) is 14.6. The molecule has 5 saturated carbocycles. The number of esters is 1. The SMILES string of the molecule is CCN1C[C@]2(COC)CC[C@H](O)[C@@]34[C@@H]5C[C@H]6[C@H](OC(C)=O)[C@@H]5[C@](OC)(C[C@@H]6OC)[C@@](O)([C@H](O)[C@H]23)[C@@H]14. The van der Waals surface area contributed by atoms with E-state index >= 15 is 0 Å². The number of rotatable bonds is 6. The van der Waals surface area contributed by atoms with Gasteiger partial charge in [0, 0.05) is 69.8 Å². The fraction of sp³-hybridized carbons (Fsp3) is 0.962. The van der Waals surface area contributed by atoms with Crippen molar-refractivity contribution in [3.05, 3.63) is 0 Å². The first kappa shape index (κ1) is 24.5. The minimum atomic E-state index is -1.67. The lowest BCUT2D eigenvalue weighted by Gasteiger charge is -2.70. The van der Waals surface area contributed by atoms with Crippen LogP contribution in [0.15, 0.2) is 0 Å². The summed E-state index contributed by atoms with van der Waals surface area (Å²) in [6.45, 7) is 5.31. The minimum Gasteiger partial charge on any atom is -0.462 e. The maximum Gasteiger partial charge on any atom is 0.302 e. The summed E-state index contributed by atoms with van der Waals surface area (Å²) in [5.74, 6) is -1.24. The highest BCUT2D eigenvalue weighted by Gasteiger charge is 2.91. The zero-order valence-corrected chi connectivity index (χ0v) is 21.5. The Kier molecular flexibility index (Phi) is 5.34. The van der Waals surface area contributed by atoms with Crippen molar-refractivity contribution in [2.75, 3.05) is 41.0 Å². The van der Waals surface area contributed by atoms with Gasteiger partial charge in [-0.25, -0.2) is 0 Å². The van der Waals surface area contributed by atoms with Crippen molar-refractivity contribution in [1.82, 2.24) is 4.90 Å². The van der Waals surface area contributed by atoms with Gasteiger partial charge in [-0.15, -0.1) is 0 Å². The van der Waals surface area contributed by atoms with Gasteiger partial charge in [-0.3, -0.25) is 9.69 Å².